The van der Waals surface area contributed by atoms with E-state index in [4.69, 9.17) is 10.2 Å². The molecule has 0 amide bonds. The van der Waals surface area contributed by atoms with E-state index >= 15 is 0 Å². The predicted octanol–water partition coefficient (Wildman–Crippen LogP) is 1.05. The fourth-order valence-electron chi connectivity index (χ4n) is 1.41. The zero-order valence-electron chi connectivity index (χ0n) is 6.99. The summed E-state index contributed by atoms with van der Waals surface area (Å²) in [5.74, 6) is -2.68. The zero-order valence-corrected chi connectivity index (χ0v) is 6.99. The van der Waals surface area contributed by atoms with Crippen LogP contribution in [0, 0.1) is 5.41 Å². The predicted molar refractivity (Wildman–Crippen MR) is 45.2 cm³/mol. The van der Waals surface area contributed by atoms with E-state index in [0.29, 0.717) is 6.42 Å². The van der Waals surface area contributed by atoms with Crippen LogP contribution in [0.4, 0.5) is 0 Å². The Morgan fingerprint density at radius 3 is 2.23 bits per heavy atom. The van der Waals surface area contributed by atoms with Crippen molar-refractivity contribution in [1.29, 1.82) is 0 Å². The van der Waals surface area contributed by atoms with Gasteiger partial charge in [0, 0.05) is 0 Å². The third-order valence-corrected chi connectivity index (χ3v) is 2.28. The Kier molecular flexibility index (Phi) is 2.23. The molecule has 4 nitrogen and oxygen atoms in total. The third-order valence-electron chi connectivity index (χ3n) is 2.28. The summed E-state index contributed by atoms with van der Waals surface area (Å²) in [6.07, 6.45) is 3.73. The van der Waals surface area contributed by atoms with Crippen molar-refractivity contribution < 1.29 is 19.8 Å². The number of carboxylic acid groups (broad SMARTS) is 2. The standard InChI is InChI=1S/C9H10O4/c1-6-4-2-3-5-9(6,7(10)11)8(12)13/h2,4H,1,3,5H2,(H,10,11)(H,12,13). The SMILES string of the molecule is C=C1C=CCCC1(C(=O)O)C(=O)O. The van der Waals surface area contributed by atoms with Crippen LogP contribution < -0.4 is 0 Å². The van der Waals surface area contributed by atoms with Crippen molar-refractivity contribution in [1.82, 2.24) is 0 Å². The van der Waals surface area contributed by atoms with Gasteiger partial charge in [-0.3, -0.25) is 9.59 Å². The van der Waals surface area contributed by atoms with Crippen LogP contribution in [0.5, 0.6) is 0 Å². The van der Waals surface area contributed by atoms with Crippen LogP contribution in [0.2, 0.25) is 0 Å². The highest BCUT2D eigenvalue weighted by Gasteiger charge is 2.48. The summed E-state index contributed by atoms with van der Waals surface area (Å²) in [6, 6.07) is 0. The van der Waals surface area contributed by atoms with E-state index in [-0.39, 0.29) is 12.0 Å². The molecule has 70 valence electrons. The highest BCUT2D eigenvalue weighted by atomic mass is 16.4. The van der Waals surface area contributed by atoms with Crippen molar-refractivity contribution >= 4 is 11.9 Å². The second-order valence-electron chi connectivity index (χ2n) is 2.98. The van der Waals surface area contributed by atoms with Crippen molar-refractivity contribution in [2.24, 2.45) is 5.41 Å². The number of carbonyl (C=O) groups is 2. The number of rotatable bonds is 2. The molecule has 0 aromatic heterocycles. The Labute approximate surface area is 75.2 Å². The van der Waals surface area contributed by atoms with Gasteiger partial charge in [0.05, 0.1) is 0 Å². The minimum absolute atomic E-state index is 0.0764. The summed E-state index contributed by atoms with van der Waals surface area (Å²) in [5, 5.41) is 17.7. The first-order chi connectivity index (χ1) is 6.01. The molecule has 0 radical (unpaired) electrons. The molecule has 2 N–H and O–H groups in total. The van der Waals surface area contributed by atoms with Gasteiger partial charge in [0.15, 0.2) is 5.41 Å². The van der Waals surface area contributed by atoms with Crippen LogP contribution in [0.1, 0.15) is 12.8 Å². The van der Waals surface area contributed by atoms with E-state index in [1.807, 2.05) is 0 Å². The van der Waals surface area contributed by atoms with Gasteiger partial charge < -0.3 is 10.2 Å². The van der Waals surface area contributed by atoms with Gasteiger partial charge in [0.1, 0.15) is 0 Å². The van der Waals surface area contributed by atoms with Crippen molar-refractivity contribution in [3.8, 4) is 0 Å². The van der Waals surface area contributed by atoms with Crippen molar-refractivity contribution in [2.75, 3.05) is 0 Å². The molecule has 0 spiro atoms. The van der Waals surface area contributed by atoms with Crippen LogP contribution in [0.3, 0.4) is 0 Å². The van der Waals surface area contributed by atoms with Crippen LogP contribution in [-0.4, -0.2) is 22.2 Å². The number of aliphatic carboxylic acids is 2. The van der Waals surface area contributed by atoms with Crippen molar-refractivity contribution in [3.05, 3.63) is 24.3 Å². The number of hydrogen-bond acceptors (Lipinski definition) is 2. The van der Waals surface area contributed by atoms with Gasteiger partial charge in [-0.25, -0.2) is 0 Å². The summed E-state index contributed by atoms with van der Waals surface area (Å²) in [7, 11) is 0. The number of carboxylic acids is 2. The first-order valence-corrected chi connectivity index (χ1v) is 3.84. The van der Waals surface area contributed by atoms with Gasteiger partial charge in [-0.1, -0.05) is 18.7 Å². The lowest BCUT2D eigenvalue weighted by Crippen LogP contribution is -2.41. The number of hydrogen-bond donors (Lipinski definition) is 2. The Morgan fingerprint density at radius 1 is 1.38 bits per heavy atom. The van der Waals surface area contributed by atoms with Gasteiger partial charge in [-0.15, -0.1) is 0 Å². The molecule has 1 rings (SSSR count). The maximum absolute atomic E-state index is 10.9. The molecule has 0 saturated heterocycles. The molecule has 1 aliphatic rings. The Balaban J connectivity index is 3.18. The molecule has 0 bridgehead atoms. The van der Waals surface area contributed by atoms with E-state index in [0.717, 1.165) is 0 Å². The van der Waals surface area contributed by atoms with Crippen molar-refractivity contribution in [2.45, 2.75) is 12.8 Å². The largest absolute Gasteiger partial charge is 0.480 e. The monoisotopic (exact) mass is 182 g/mol. The molecule has 0 aromatic carbocycles. The van der Waals surface area contributed by atoms with E-state index in [2.05, 4.69) is 6.58 Å². The summed E-state index contributed by atoms with van der Waals surface area (Å²) >= 11 is 0. The topological polar surface area (TPSA) is 74.6 Å². The molecule has 0 atom stereocenters. The normalized spacial score (nSPS) is 19.8. The van der Waals surface area contributed by atoms with E-state index in [1.54, 1.807) is 6.08 Å². The zero-order chi connectivity index (χ0) is 10.1. The van der Waals surface area contributed by atoms with Crippen molar-refractivity contribution in [3.63, 3.8) is 0 Å². The van der Waals surface area contributed by atoms with Gasteiger partial charge >= 0.3 is 11.9 Å². The van der Waals surface area contributed by atoms with Gasteiger partial charge in [-0.05, 0) is 18.4 Å². The minimum Gasteiger partial charge on any atom is -0.480 e. The van der Waals surface area contributed by atoms with E-state index in [1.165, 1.54) is 6.08 Å². The maximum atomic E-state index is 10.9. The smallest absolute Gasteiger partial charge is 0.325 e. The van der Waals surface area contributed by atoms with Crippen LogP contribution >= 0.6 is 0 Å². The number of allylic oxidation sites excluding steroid dienone is 2. The highest BCUT2D eigenvalue weighted by molar-refractivity contribution is 6.02. The average Bonchev–Trinajstić information content (AvgIpc) is 2.04. The second-order valence-corrected chi connectivity index (χ2v) is 2.98. The molecule has 0 aliphatic heterocycles. The van der Waals surface area contributed by atoms with E-state index < -0.39 is 17.4 Å². The lowest BCUT2D eigenvalue weighted by atomic mass is 9.74. The lowest BCUT2D eigenvalue weighted by Gasteiger charge is -2.27. The molecule has 0 fully saturated rings. The molecule has 4 heteroatoms. The quantitative estimate of drug-likeness (QED) is 0.626. The average molecular weight is 182 g/mol. The molecule has 0 saturated carbocycles. The first-order valence-electron chi connectivity index (χ1n) is 3.84. The molecule has 0 aromatic rings. The van der Waals surface area contributed by atoms with Gasteiger partial charge in [0.2, 0.25) is 0 Å². The summed E-state index contributed by atoms with van der Waals surface area (Å²) in [4.78, 5) is 21.7. The van der Waals surface area contributed by atoms with Gasteiger partial charge in [-0.2, -0.15) is 0 Å². The Morgan fingerprint density at radius 2 is 1.92 bits per heavy atom. The molecule has 0 heterocycles. The van der Waals surface area contributed by atoms with E-state index in [9.17, 15) is 9.59 Å². The minimum atomic E-state index is -1.81. The fraction of sp³-hybridized carbons (Fsp3) is 0.333. The first kappa shape index (κ1) is 9.51. The summed E-state index contributed by atoms with van der Waals surface area (Å²) in [6.45, 7) is 3.46. The molecular weight excluding hydrogens is 172 g/mol. The molecular formula is C9H10O4. The fourth-order valence-corrected chi connectivity index (χ4v) is 1.41. The Hall–Kier alpha value is -1.58. The van der Waals surface area contributed by atoms with Gasteiger partial charge in [0.25, 0.3) is 0 Å². The molecule has 0 unspecified atom stereocenters. The lowest BCUT2D eigenvalue weighted by molar-refractivity contribution is -0.161. The molecule has 1 aliphatic carbocycles. The van der Waals surface area contributed by atoms with Crippen LogP contribution in [0.15, 0.2) is 24.3 Å². The summed E-state index contributed by atoms with van der Waals surface area (Å²) in [5.41, 5.74) is -1.67. The summed E-state index contributed by atoms with van der Waals surface area (Å²) < 4.78 is 0. The maximum Gasteiger partial charge on any atom is 0.325 e. The Bertz CT molecular complexity index is 287. The van der Waals surface area contributed by atoms with Crippen LogP contribution in [0.25, 0.3) is 0 Å². The highest BCUT2D eigenvalue weighted by Crippen LogP contribution is 2.36. The third kappa shape index (κ3) is 1.24. The second kappa shape index (κ2) is 3.05. The molecule has 13 heavy (non-hydrogen) atoms. The van der Waals surface area contributed by atoms with Crippen LogP contribution in [-0.2, 0) is 9.59 Å².